The van der Waals surface area contributed by atoms with Crippen molar-refractivity contribution in [2.75, 3.05) is 25.1 Å². The van der Waals surface area contributed by atoms with Gasteiger partial charge >= 0.3 is 0 Å². The van der Waals surface area contributed by atoms with E-state index in [0.29, 0.717) is 0 Å². The van der Waals surface area contributed by atoms with E-state index in [2.05, 4.69) is 17.1 Å². The maximum absolute atomic E-state index is 9.92. The van der Waals surface area contributed by atoms with E-state index in [9.17, 15) is 5.11 Å². The maximum Gasteiger partial charge on any atom is 0.126 e. The van der Waals surface area contributed by atoms with Crippen LogP contribution in [0, 0.1) is 0 Å². The van der Waals surface area contributed by atoms with E-state index in [-0.39, 0.29) is 0 Å². The van der Waals surface area contributed by atoms with Crippen LogP contribution >= 0.6 is 0 Å². The molecule has 0 saturated heterocycles. The highest BCUT2D eigenvalue weighted by molar-refractivity contribution is 5.61. The molecule has 1 aromatic rings. The van der Waals surface area contributed by atoms with Gasteiger partial charge in [-0.2, -0.15) is 0 Å². The minimum atomic E-state index is -0.521. The van der Waals surface area contributed by atoms with Crippen LogP contribution in [-0.2, 0) is 0 Å². The Labute approximate surface area is 102 Å². The number of aliphatic hydroxyl groups excluding tert-OH is 1. The average Bonchev–Trinajstić information content (AvgIpc) is 2.38. The lowest BCUT2D eigenvalue weighted by Gasteiger charge is -2.29. The number of hydrogen-bond acceptors (Lipinski definition) is 3. The second-order valence-corrected chi connectivity index (χ2v) is 4.28. The van der Waals surface area contributed by atoms with Crippen molar-refractivity contribution in [2.24, 2.45) is 0 Å². The van der Waals surface area contributed by atoms with Crippen molar-refractivity contribution in [1.29, 1.82) is 0 Å². The Morgan fingerprint density at radius 2 is 2.18 bits per heavy atom. The largest absolute Gasteiger partial charge is 0.496 e. The topological polar surface area (TPSA) is 32.7 Å². The predicted octanol–water partition coefficient (Wildman–Crippen LogP) is 2.51. The van der Waals surface area contributed by atoms with Crippen LogP contribution in [0.5, 0.6) is 5.75 Å². The van der Waals surface area contributed by atoms with Crippen LogP contribution in [0.15, 0.2) is 30.4 Å². The number of anilines is 1. The Balaban J connectivity index is 2.41. The molecular formula is C14H19NO2. The highest BCUT2D eigenvalue weighted by atomic mass is 16.5. The molecule has 1 heterocycles. The van der Waals surface area contributed by atoms with Crippen molar-refractivity contribution < 1.29 is 9.84 Å². The van der Waals surface area contributed by atoms with Gasteiger partial charge < -0.3 is 14.7 Å². The lowest BCUT2D eigenvalue weighted by Crippen LogP contribution is -2.28. The van der Waals surface area contributed by atoms with E-state index in [1.807, 2.05) is 18.2 Å². The van der Waals surface area contributed by atoms with Crippen molar-refractivity contribution in [3.63, 3.8) is 0 Å². The quantitative estimate of drug-likeness (QED) is 0.814. The Hall–Kier alpha value is -1.48. The van der Waals surface area contributed by atoms with E-state index in [0.717, 1.165) is 36.5 Å². The Morgan fingerprint density at radius 3 is 2.76 bits per heavy atom. The Bertz CT molecular complexity index is 413. The van der Waals surface area contributed by atoms with Crippen LogP contribution in [0.1, 0.15) is 25.0 Å². The van der Waals surface area contributed by atoms with Crippen LogP contribution in [0.4, 0.5) is 5.69 Å². The molecule has 17 heavy (non-hydrogen) atoms. The molecule has 0 aromatic heterocycles. The molecule has 1 aromatic carbocycles. The first-order valence-corrected chi connectivity index (χ1v) is 5.99. The van der Waals surface area contributed by atoms with E-state index >= 15 is 0 Å². The van der Waals surface area contributed by atoms with Gasteiger partial charge in [0.15, 0.2) is 0 Å². The fourth-order valence-corrected chi connectivity index (χ4v) is 2.27. The summed E-state index contributed by atoms with van der Waals surface area (Å²) in [5.74, 6) is 0.757. The summed E-state index contributed by atoms with van der Waals surface area (Å²) in [4.78, 5) is 2.27. The average molecular weight is 233 g/mol. The standard InChI is InChI=1S/C14H19NO2/c1-11(16)14-12(7-6-8-13(14)17-2)15-9-4-3-5-10-15/h3-4,6-8,11,16H,5,9-10H2,1-2H3/t11-/m0/s1. The second-order valence-electron chi connectivity index (χ2n) is 4.28. The summed E-state index contributed by atoms with van der Waals surface area (Å²) in [6.07, 6.45) is 4.89. The van der Waals surface area contributed by atoms with Gasteiger partial charge in [-0.15, -0.1) is 0 Å². The molecule has 0 radical (unpaired) electrons. The first kappa shape index (κ1) is 12.0. The smallest absolute Gasteiger partial charge is 0.126 e. The molecule has 3 nitrogen and oxygen atoms in total. The first-order valence-electron chi connectivity index (χ1n) is 5.99. The molecule has 0 amide bonds. The third-order valence-electron chi connectivity index (χ3n) is 3.08. The minimum Gasteiger partial charge on any atom is -0.496 e. The molecule has 0 unspecified atom stereocenters. The van der Waals surface area contributed by atoms with Gasteiger partial charge in [0.1, 0.15) is 5.75 Å². The third-order valence-corrected chi connectivity index (χ3v) is 3.08. The summed E-state index contributed by atoms with van der Waals surface area (Å²) < 4.78 is 5.33. The fraction of sp³-hybridized carbons (Fsp3) is 0.429. The van der Waals surface area contributed by atoms with Crippen LogP contribution < -0.4 is 9.64 Å². The molecule has 0 saturated carbocycles. The molecule has 2 rings (SSSR count). The molecule has 1 aliphatic rings. The molecular weight excluding hydrogens is 214 g/mol. The second kappa shape index (κ2) is 5.23. The van der Waals surface area contributed by atoms with Gasteiger partial charge in [-0.25, -0.2) is 0 Å². The first-order chi connectivity index (χ1) is 8.24. The van der Waals surface area contributed by atoms with Crippen molar-refractivity contribution in [1.82, 2.24) is 0 Å². The molecule has 0 aliphatic carbocycles. The fourth-order valence-electron chi connectivity index (χ4n) is 2.27. The Morgan fingerprint density at radius 1 is 1.35 bits per heavy atom. The summed E-state index contributed by atoms with van der Waals surface area (Å²) in [6, 6.07) is 5.91. The summed E-state index contributed by atoms with van der Waals surface area (Å²) in [7, 11) is 1.64. The summed E-state index contributed by atoms with van der Waals surface area (Å²) in [5.41, 5.74) is 1.95. The van der Waals surface area contributed by atoms with E-state index in [1.54, 1.807) is 14.0 Å². The lowest BCUT2D eigenvalue weighted by atomic mass is 10.0. The van der Waals surface area contributed by atoms with Gasteiger partial charge in [-0.3, -0.25) is 0 Å². The number of benzene rings is 1. The third kappa shape index (κ3) is 2.44. The van der Waals surface area contributed by atoms with Crippen molar-refractivity contribution >= 4 is 5.69 Å². The Kier molecular flexibility index (Phi) is 3.69. The van der Waals surface area contributed by atoms with Gasteiger partial charge in [-0.1, -0.05) is 18.2 Å². The molecule has 0 fully saturated rings. The van der Waals surface area contributed by atoms with E-state index < -0.39 is 6.10 Å². The number of methoxy groups -OCH3 is 1. The summed E-state index contributed by atoms with van der Waals surface area (Å²) >= 11 is 0. The number of rotatable bonds is 3. The molecule has 1 aliphatic heterocycles. The van der Waals surface area contributed by atoms with Crippen LogP contribution in [0.25, 0.3) is 0 Å². The normalized spacial score (nSPS) is 17.0. The van der Waals surface area contributed by atoms with Crippen molar-refractivity contribution in [3.8, 4) is 5.75 Å². The molecule has 0 bridgehead atoms. The van der Waals surface area contributed by atoms with Crippen molar-refractivity contribution in [3.05, 3.63) is 35.9 Å². The van der Waals surface area contributed by atoms with Gasteiger partial charge in [0.2, 0.25) is 0 Å². The number of nitrogens with zero attached hydrogens (tertiary/aromatic N) is 1. The monoisotopic (exact) mass is 233 g/mol. The molecule has 3 heteroatoms. The van der Waals surface area contributed by atoms with Gasteiger partial charge in [0, 0.05) is 24.3 Å². The van der Waals surface area contributed by atoms with Crippen molar-refractivity contribution in [2.45, 2.75) is 19.4 Å². The zero-order valence-electron chi connectivity index (χ0n) is 10.4. The lowest BCUT2D eigenvalue weighted by molar-refractivity contribution is 0.194. The number of aliphatic hydroxyl groups is 1. The zero-order valence-corrected chi connectivity index (χ0v) is 10.4. The molecule has 92 valence electrons. The zero-order chi connectivity index (χ0) is 12.3. The predicted molar refractivity (Wildman–Crippen MR) is 69.6 cm³/mol. The SMILES string of the molecule is COc1cccc(N2CC=CCC2)c1[C@H](C)O. The summed E-state index contributed by atoms with van der Waals surface area (Å²) in [5, 5.41) is 9.92. The van der Waals surface area contributed by atoms with E-state index in [1.165, 1.54) is 0 Å². The van der Waals surface area contributed by atoms with Crippen LogP contribution in [0.2, 0.25) is 0 Å². The van der Waals surface area contributed by atoms with Gasteiger partial charge in [0.05, 0.1) is 13.2 Å². The maximum atomic E-state index is 9.92. The van der Waals surface area contributed by atoms with Gasteiger partial charge in [0.25, 0.3) is 0 Å². The van der Waals surface area contributed by atoms with Crippen LogP contribution in [0.3, 0.4) is 0 Å². The highest BCUT2D eigenvalue weighted by Crippen LogP contribution is 2.35. The van der Waals surface area contributed by atoms with Crippen LogP contribution in [-0.4, -0.2) is 25.3 Å². The minimum absolute atomic E-state index is 0.521. The highest BCUT2D eigenvalue weighted by Gasteiger charge is 2.18. The molecule has 1 N–H and O–H groups in total. The summed E-state index contributed by atoms with van der Waals surface area (Å²) in [6.45, 7) is 3.66. The molecule has 0 spiro atoms. The van der Waals surface area contributed by atoms with E-state index in [4.69, 9.17) is 4.74 Å². The number of ether oxygens (including phenoxy) is 1. The molecule has 1 atom stereocenters. The van der Waals surface area contributed by atoms with Gasteiger partial charge in [-0.05, 0) is 25.5 Å². The number of hydrogen-bond donors (Lipinski definition) is 1.